The number of hydrogen-bond acceptors (Lipinski definition) is 3. The predicted octanol–water partition coefficient (Wildman–Crippen LogP) is 9.93. The fourth-order valence-electron chi connectivity index (χ4n) is 7.23. The second-order valence-corrected chi connectivity index (χ2v) is 11.2. The SMILES string of the molecule is N#CC(C#N)=Cc1ccc2c(c1)C1(c3ccccc3-c3ccccc31)c1cc(N(c3ccccc3)c3ccccc3)ccc1-2. The number of nitriles is 2. The molecule has 6 aromatic rings. The Hall–Kier alpha value is -6.16. The molecule has 0 saturated heterocycles. The summed E-state index contributed by atoms with van der Waals surface area (Å²) in [5, 5.41) is 19.0. The third-order valence-electron chi connectivity index (χ3n) is 8.94. The Morgan fingerprint density at radius 1 is 0.477 bits per heavy atom. The van der Waals surface area contributed by atoms with Gasteiger partial charge in [-0.05, 0) is 98.6 Å². The molecule has 6 aromatic carbocycles. The number of benzene rings is 6. The summed E-state index contributed by atoms with van der Waals surface area (Å²) >= 11 is 0. The molecule has 204 valence electrons. The maximum absolute atomic E-state index is 9.51. The second-order valence-electron chi connectivity index (χ2n) is 11.2. The first-order valence-corrected chi connectivity index (χ1v) is 14.6. The second kappa shape index (κ2) is 9.99. The molecule has 0 aromatic heterocycles. The minimum atomic E-state index is -0.559. The molecule has 0 heterocycles. The van der Waals surface area contributed by atoms with Crippen LogP contribution in [0.25, 0.3) is 28.3 Å². The quantitative estimate of drug-likeness (QED) is 0.202. The van der Waals surface area contributed by atoms with Crippen molar-refractivity contribution in [3.63, 3.8) is 0 Å². The summed E-state index contributed by atoms with van der Waals surface area (Å²) in [5.74, 6) is 0. The van der Waals surface area contributed by atoms with E-state index in [0.717, 1.165) is 33.8 Å². The molecule has 3 heteroatoms. The van der Waals surface area contributed by atoms with Crippen molar-refractivity contribution in [3.05, 3.63) is 179 Å². The van der Waals surface area contributed by atoms with E-state index in [2.05, 4.69) is 132 Å². The van der Waals surface area contributed by atoms with Gasteiger partial charge in [0.15, 0.2) is 0 Å². The number of allylic oxidation sites excluding steroid dienone is 1. The Labute approximate surface area is 256 Å². The molecule has 2 aliphatic carbocycles. The lowest BCUT2D eigenvalue weighted by molar-refractivity contribution is 0.793. The predicted molar refractivity (Wildman–Crippen MR) is 177 cm³/mol. The van der Waals surface area contributed by atoms with Gasteiger partial charge in [0, 0.05) is 17.1 Å². The zero-order valence-electron chi connectivity index (χ0n) is 23.8. The Balaban J connectivity index is 1.45. The highest BCUT2D eigenvalue weighted by Gasteiger charge is 2.51. The van der Waals surface area contributed by atoms with Crippen LogP contribution in [0.15, 0.2) is 151 Å². The van der Waals surface area contributed by atoms with E-state index >= 15 is 0 Å². The summed E-state index contributed by atoms with van der Waals surface area (Å²) in [6.45, 7) is 0. The first kappa shape index (κ1) is 25.5. The molecular weight excluding hydrogens is 534 g/mol. The van der Waals surface area contributed by atoms with Gasteiger partial charge < -0.3 is 4.90 Å². The molecular formula is C41H25N3. The molecule has 0 unspecified atom stereocenters. The summed E-state index contributed by atoms with van der Waals surface area (Å²) in [5.41, 5.74) is 13.3. The van der Waals surface area contributed by atoms with Crippen LogP contribution in [-0.4, -0.2) is 0 Å². The average molecular weight is 560 g/mol. The molecule has 0 fully saturated rings. The summed E-state index contributed by atoms with van der Waals surface area (Å²) in [6.07, 6.45) is 1.68. The number of nitrogens with zero attached hydrogens (tertiary/aromatic N) is 3. The van der Waals surface area contributed by atoms with Crippen molar-refractivity contribution in [2.75, 3.05) is 4.90 Å². The molecule has 0 saturated carbocycles. The molecule has 0 atom stereocenters. The van der Waals surface area contributed by atoms with Crippen LogP contribution in [0.5, 0.6) is 0 Å². The third-order valence-corrected chi connectivity index (χ3v) is 8.94. The Kier molecular flexibility index (Phi) is 5.80. The standard InChI is InChI=1S/C41H25N3/c42-26-29(27-43)23-28-19-21-35-36-22-20-32(44(30-11-3-1-4-12-30)31-13-5-2-6-14-31)25-40(36)41(39(35)24-28)37-17-9-7-15-33(37)34-16-8-10-18-38(34)41/h1-25H. The zero-order valence-corrected chi connectivity index (χ0v) is 23.8. The largest absolute Gasteiger partial charge is 0.310 e. The van der Waals surface area contributed by atoms with Crippen molar-refractivity contribution >= 4 is 23.1 Å². The summed E-state index contributed by atoms with van der Waals surface area (Å²) in [4.78, 5) is 2.31. The smallest absolute Gasteiger partial charge is 0.130 e. The van der Waals surface area contributed by atoms with Crippen LogP contribution in [0.2, 0.25) is 0 Å². The summed E-state index contributed by atoms with van der Waals surface area (Å²) in [6, 6.07) is 55.6. The van der Waals surface area contributed by atoms with Gasteiger partial charge in [0.1, 0.15) is 17.7 Å². The van der Waals surface area contributed by atoms with Gasteiger partial charge in [-0.1, -0.05) is 103 Å². The first-order valence-electron chi connectivity index (χ1n) is 14.6. The normalized spacial score (nSPS) is 12.7. The van der Waals surface area contributed by atoms with Gasteiger partial charge in [0.25, 0.3) is 0 Å². The molecule has 0 bridgehead atoms. The maximum Gasteiger partial charge on any atom is 0.130 e. The molecule has 44 heavy (non-hydrogen) atoms. The molecule has 2 aliphatic rings. The Morgan fingerprint density at radius 3 is 1.52 bits per heavy atom. The summed E-state index contributed by atoms with van der Waals surface area (Å²) < 4.78 is 0. The van der Waals surface area contributed by atoms with Crippen LogP contribution >= 0.6 is 0 Å². The van der Waals surface area contributed by atoms with Crippen LogP contribution in [0.4, 0.5) is 17.1 Å². The lowest BCUT2D eigenvalue weighted by Crippen LogP contribution is -2.26. The van der Waals surface area contributed by atoms with Gasteiger partial charge in [0.05, 0.1) is 5.41 Å². The summed E-state index contributed by atoms with van der Waals surface area (Å²) in [7, 11) is 0. The molecule has 1 spiro atoms. The van der Waals surface area contributed by atoms with Crippen LogP contribution in [0, 0.1) is 22.7 Å². The van der Waals surface area contributed by atoms with Gasteiger partial charge in [-0.3, -0.25) is 0 Å². The number of anilines is 3. The first-order chi connectivity index (χ1) is 21.7. The average Bonchev–Trinajstić information content (AvgIpc) is 3.55. The van der Waals surface area contributed by atoms with Gasteiger partial charge in [-0.2, -0.15) is 10.5 Å². The van der Waals surface area contributed by atoms with Gasteiger partial charge in [0.2, 0.25) is 0 Å². The highest BCUT2D eigenvalue weighted by molar-refractivity contribution is 5.96. The van der Waals surface area contributed by atoms with Gasteiger partial charge in [-0.15, -0.1) is 0 Å². The van der Waals surface area contributed by atoms with E-state index in [4.69, 9.17) is 0 Å². The van der Waals surface area contributed by atoms with E-state index < -0.39 is 5.41 Å². The fraction of sp³-hybridized carbons (Fsp3) is 0.0244. The van der Waals surface area contributed by atoms with Crippen molar-refractivity contribution in [1.82, 2.24) is 0 Å². The van der Waals surface area contributed by atoms with Crippen LogP contribution in [-0.2, 0) is 5.41 Å². The Bertz CT molecular complexity index is 2100. The molecule has 3 nitrogen and oxygen atoms in total. The lowest BCUT2D eigenvalue weighted by atomic mass is 9.70. The molecule has 0 amide bonds. The van der Waals surface area contributed by atoms with Crippen LogP contribution in [0.1, 0.15) is 27.8 Å². The van der Waals surface area contributed by atoms with E-state index in [0.29, 0.717) is 0 Å². The number of para-hydroxylation sites is 2. The topological polar surface area (TPSA) is 50.8 Å². The Morgan fingerprint density at radius 2 is 0.955 bits per heavy atom. The monoisotopic (exact) mass is 559 g/mol. The highest BCUT2D eigenvalue weighted by Crippen LogP contribution is 2.63. The van der Waals surface area contributed by atoms with Crippen molar-refractivity contribution in [1.29, 1.82) is 10.5 Å². The lowest BCUT2D eigenvalue weighted by Gasteiger charge is -2.32. The van der Waals surface area contributed by atoms with Crippen molar-refractivity contribution in [3.8, 4) is 34.4 Å². The number of hydrogen-bond donors (Lipinski definition) is 0. The highest BCUT2D eigenvalue weighted by atomic mass is 15.1. The van der Waals surface area contributed by atoms with E-state index in [1.165, 1.54) is 33.4 Å². The fourth-order valence-corrected chi connectivity index (χ4v) is 7.23. The van der Waals surface area contributed by atoms with Crippen LogP contribution < -0.4 is 4.90 Å². The minimum Gasteiger partial charge on any atom is -0.310 e. The van der Waals surface area contributed by atoms with Gasteiger partial charge >= 0.3 is 0 Å². The number of rotatable bonds is 4. The van der Waals surface area contributed by atoms with E-state index in [9.17, 15) is 10.5 Å². The van der Waals surface area contributed by atoms with Gasteiger partial charge in [-0.25, -0.2) is 0 Å². The minimum absolute atomic E-state index is 0.0883. The number of fused-ring (bicyclic) bond motifs is 10. The molecule has 0 N–H and O–H groups in total. The molecule has 0 radical (unpaired) electrons. The van der Waals surface area contributed by atoms with E-state index in [1.807, 2.05) is 30.3 Å². The molecule has 8 rings (SSSR count). The molecule has 0 aliphatic heterocycles. The zero-order chi connectivity index (χ0) is 29.7. The van der Waals surface area contributed by atoms with E-state index in [1.54, 1.807) is 6.08 Å². The maximum atomic E-state index is 9.51. The van der Waals surface area contributed by atoms with E-state index in [-0.39, 0.29) is 5.57 Å². The van der Waals surface area contributed by atoms with Crippen molar-refractivity contribution < 1.29 is 0 Å². The van der Waals surface area contributed by atoms with Crippen molar-refractivity contribution in [2.45, 2.75) is 5.41 Å². The third kappa shape index (κ3) is 3.61. The van der Waals surface area contributed by atoms with Crippen molar-refractivity contribution in [2.24, 2.45) is 0 Å². The van der Waals surface area contributed by atoms with Crippen LogP contribution in [0.3, 0.4) is 0 Å².